The first-order valence-electron chi connectivity index (χ1n) is 9.13. The summed E-state index contributed by atoms with van der Waals surface area (Å²) >= 11 is -0.285. The topological polar surface area (TPSA) is 35.5 Å². The minimum absolute atomic E-state index is 0.133. The Morgan fingerprint density at radius 3 is 1.44 bits per heavy atom. The highest BCUT2D eigenvalue weighted by Gasteiger charge is 2.30. The van der Waals surface area contributed by atoms with E-state index in [0.717, 1.165) is 32.0 Å². The summed E-state index contributed by atoms with van der Waals surface area (Å²) < 4.78 is 24.4. The summed E-state index contributed by atoms with van der Waals surface area (Å²) in [5.74, 6) is 1.31. The molecular formula is C22H28O3S2. The van der Waals surface area contributed by atoms with Gasteiger partial charge in [0.1, 0.15) is 0 Å². The Morgan fingerprint density at radius 2 is 1.11 bits per heavy atom. The van der Waals surface area contributed by atoms with Crippen LogP contribution in [0.5, 0.6) is 11.5 Å². The van der Waals surface area contributed by atoms with Gasteiger partial charge in [-0.1, -0.05) is 65.4 Å². The number of hydrogen-bond acceptors (Lipinski definition) is 4. The van der Waals surface area contributed by atoms with Gasteiger partial charge in [0.15, 0.2) is 11.5 Å². The van der Waals surface area contributed by atoms with E-state index in [0.29, 0.717) is 11.5 Å². The fourth-order valence-corrected chi connectivity index (χ4v) is 5.18. The van der Waals surface area contributed by atoms with Crippen LogP contribution in [0.25, 0.3) is 0 Å². The molecule has 0 unspecified atom stereocenters. The van der Waals surface area contributed by atoms with Crippen molar-refractivity contribution in [2.45, 2.75) is 76.0 Å². The molecule has 1 aliphatic rings. The Morgan fingerprint density at radius 1 is 0.741 bits per heavy atom. The first-order valence-corrected chi connectivity index (χ1v) is 10.9. The van der Waals surface area contributed by atoms with Crippen molar-refractivity contribution < 1.29 is 12.6 Å². The van der Waals surface area contributed by atoms with Crippen molar-refractivity contribution in [3.05, 3.63) is 46.5 Å². The van der Waals surface area contributed by atoms with E-state index in [4.69, 9.17) is 8.37 Å². The maximum Gasteiger partial charge on any atom is 0.417 e. The van der Waals surface area contributed by atoms with E-state index in [1.807, 2.05) is 0 Å². The first kappa shape index (κ1) is 20.3. The molecule has 0 atom stereocenters. The molecule has 2 aromatic carbocycles. The summed E-state index contributed by atoms with van der Waals surface area (Å²) in [6, 6.07) is 8.41. The quantitative estimate of drug-likeness (QED) is 0.509. The van der Waals surface area contributed by atoms with Gasteiger partial charge in [0.2, 0.25) is 0 Å². The van der Waals surface area contributed by atoms with E-state index in [1.54, 1.807) is 11.8 Å². The van der Waals surface area contributed by atoms with Crippen LogP contribution in [0.2, 0.25) is 0 Å². The Hall–Kier alpha value is -1.46. The first-order chi connectivity index (χ1) is 12.4. The van der Waals surface area contributed by atoms with Gasteiger partial charge >= 0.3 is 11.4 Å². The second kappa shape index (κ2) is 6.85. The molecule has 0 N–H and O–H groups in total. The molecule has 0 saturated heterocycles. The molecule has 2 aromatic rings. The summed E-state index contributed by atoms with van der Waals surface area (Å²) in [7, 11) is 0. The van der Waals surface area contributed by atoms with E-state index in [1.165, 1.54) is 0 Å². The van der Waals surface area contributed by atoms with Gasteiger partial charge < -0.3 is 8.37 Å². The summed E-state index contributed by atoms with van der Waals surface area (Å²) in [6.45, 7) is 17.0. The lowest BCUT2D eigenvalue weighted by atomic mass is 9.85. The minimum Gasteiger partial charge on any atom is -0.370 e. The lowest BCUT2D eigenvalue weighted by Crippen LogP contribution is -2.20. The van der Waals surface area contributed by atoms with Crippen molar-refractivity contribution in [2.75, 3.05) is 0 Å². The third kappa shape index (κ3) is 4.19. The van der Waals surface area contributed by atoms with Crippen LogP contribution in [0.3, 0.4) is 0 Å². The zero-order valence-corrected chi connectivity index (χ0v) is 19.0. The minimum atomic E-state index is -1.91. The van der Waals surface area contributed by atoms with Crippen molar-refractivity contribution in [3.63, 3.8) is 0 Å². The van der Waals surface area contributed by atoms with Crippen molar-refractivity contribution in [3.8, 4) is 11.5 Å². The van der Waals surface area contributed by atoms with Crippen LogP contribution in [0.1, 0.15) is 63.8 Å². The molecule has 0 spiro atoms. The Kier molecular flexibility index (Phi) is 5.15. The number of aryl methyl sites for hydroxylation is 2. The average Bonchev–Trinajstić information content (AvgIpc) is 2.48. The predicted octanol–water partition coefficient (Wildman–Crippen LogP) is 6.40. The standard InChI is InChI=1S/C22H28O3S2/c1-13-9-15(21(3,4)5)19-17(11-13)26-18-12-14(2)10-16(22(6,7)8)20(18)25-27(23)24-19/h9-12H,1-8H3. The fraction of sp³-hybridized carbons (Fsp3) is 0.455. The van der Waals surface area contributed by atoms with Crippen molar-refractivity contribution in [2.24, 2.45) is 0 Å². The van der Waals surface area contributed by atoms with Gasteiger partial charge in [0.25, 0.3) is 0 Å². The SMILES string of the molecule is Cc1cc2c(c(C(C)(C)C)c1)OS(=O)Oc1c(cc(C)cc1C(C)(C)C)S2. The lowest BCUT2D eigenvalue weighted by Gasteiger charge is -2.28. The zero-order chi connectivity index (χ0) is 20.1. The van der Waals surface area contributed by atoms with E-state index < -0.39 is 11.4 Å². The molecule has 0 radical (unpaired) electrons. The molecule has 3 rings (SSSR count). The van der Waals surface area contributed by atoms with Gasteiger partial charge in [-0.2, -0.15) is 4.21 Å². The smallest absolute Gasteiger partial charge is 0.370 e. The maximum atomic E-state index is 12.7. The molecule has 0 bridgehead atoms. The summed E-state index contributed by atoms with van der Waals surface area (Å²) in [5, 5.41) is 0. The number of hydrogen-bond donors (Lipinski definition) is 0. The van der Waals surface area contributed by atoms with Crippen LogP contribution < -0.4 is 8.37 Å². The van der Waals surface area contributed by atoms with E-state index in [9.17, 15) is 4.21 Å². The van der Waals surface area contributed by atoms with Gasteiger partial charge in [-0.3, -0.25) is 0 Å². The third-order valence-corrected chi connectivity index (χ3v) is 6.19. The Labute approximate surface area is 169 Å². The molecule has 146 valence electrons. The normalized spacial score (nSPS) is 15.1. The monoisotopic (exact) mass is 404 g/mol. The number of rotatable bonds is 0. The Bertz CT molecular complexity index is 845. The molecule has 27 heavy (non-hydrogen) atoms. The molecule has 0 amide bonds. The van der Waals surface area contributed by atoms with Crippen LogP contribution in [0, 0.1) is 13.8 Å². The second-order valence-corrected chi connectivity index (χ2v) is 11.1. The molecule has 1 heterocycles. The highest BCUT2D eigenvalue weighted by molar-refractivity contribution is 7.99. The van der Waals surface area contributed by atoms with Gasteiger partial charge in [0, 0.05) is 11.1 Å². The van der Waals surface area contributed by atoms with Gasteiger partial charge in [-0.05, 0) is 47.9 Å². The molecule has 5 heteroatoms. The van der Waals surface area contributed by atoms with Crippen LogP contribution in [0.4, 0.5) is 0 Å². The molecule has 0 saturated carbocycles. The van der Waals surface area contributed by atoms with Gasteiger partial charge in [-0.15, -0.1) is 0 Å². The Balaban J connectivity index is 2.27. The van der Waals surface area contributed by atoms with E-state index in [2.05, 4.69) is 79.7 Å². The molecule has 1 aliphatic heterocycles. The fourth-order valence-electron chi connectivity index (χ4n) is 3.19. The highest BCUT2D eigenvalue weighted by Crippen LogP contribution is 2.49. The third-order valence-electron chi connectivity index (χ3n) is 4.54. The molecule has 0 aliphatic carbocycles. The molecular weight excluding hydrogens is 376 g/mol. The summed E-state index contributed by atoms with van der Waals surface area (Å²) in [5.41, 5.74) is 4.13. The maximum absolute atomic E-state index is 12.7. The van der Waals surface area contributed by atoms with Crippen LogP contribution in [-0.4, -0.2) is 4.21 Å². The highest BCUT2D eigenvalue weighted by atomic mass is 32.2. The molecule has 0 fully saturated rings. The molecule has 0 aromatic heterocycles. The average molecular weight is 405 g/mol. The van der Waals surface area contributed by atoms with Gasteiger partial charge in [0.05, 0.1) is 9.79 Å². The van der Waals surface area contributed by atoms with E-state index in [-0.39, 0.29) is 10.8 Å². The lowest BCUT2D eigenvalue weighted by molar-refractivity contribution is 0.429. The van der Waals surface area contributed by atoms with Crippen LogP contribution in [0.15, 0.2) is 34.1 Å². The largest absolute Gasteiger partial charge is 0.417 e. The summed E-state index contributed by atoms with van der Waals surface area (Å²) in [4.78, 5) is 1.95. The van der Waals surface area contributed by atoms with Crippen molar-refractivity contribution >= 4 is 23.1 Å². The van der Waals surface area contributed by atoms with E-state index >= 15 is 0 Å². The molecule has 3 nitrogen and oxygen atoms in total. The predicted molar refractivity (Wildman–Crippen MR) is 113 cm³/mol. The second-order valence-electron chi connectivity index (χ2n) is 9.25. The van der Waals surface area contributed by atoms with Crippen LogP contribution in [-0.2, 0) is 22.2 Å². The van der Waals surface area contributed by atoms with Crippen LogP contribution >= 0.6 is 11.8 Å². The summed E-state index contributed by atoms with van der Waals surface area (Å²) in [6.07, 6.45) is 0. The zero-order valence-electron chi connectivity index (χ0n) is 17.4. The van der Waals surface area contributed by atoms with Crippen molar-refractivity contribution in [1.29, 1.82) is 0 Å². The van der Waals surface area contributed by atoms with Gasteiger partial charge in [-0.25, -0.2) is 0 Å². The number of benzene rings is 2. The number of fused-ring (bicyclic) bond motifs is 2. The van der Waals surface area contributed by atoms with Crippen molar-refractivity contribution in [1.82, 2.24) is 0 Å².